The molecule has 0 aromatic carbocycles. The average molecular weight is 369 g/mol. The third kappa shape index (κ3) is 2.96. The van der Waals surface area contributed by atoms with Gasteiger partial charge in [0.25, 0.3) is 17.7 Å². The fourth-order valence-electron chi connectivity index (χ4n) is 3.37. The van der Waals surface area contributed by atoms with Gasteiger partial charge in [-0.2, -0.15) is 13.0 Å². The molecule has 3 rings (SSSR count). The van der Waals surface area contributed by atoms with Gasteiger partial charge in [0.05, 0.1) is 6.04 Å². The number of hydrogen-bond donors (Lipinski definition) is 2. The van der Waals surface area contributed by atoms with Crippen LogP contribution in [-0.4, -0.2) is 58.5 Å². The van der Waals surface area contributed by atoms with Gasteiger partial charge in [-0.15, -0.1) is 0 Å². The minimum Gasteiger partial charge on any atom is -0.365 e. The molecular formula is C14H17N4O6S+. The third-order valence-electron chi connectivity index (χ3n) is 4.37. The van der Waals surface area contributed by atoms with Gasteiger partial charge in [0, 0.05) is 12.1 Å². The molecule has 2 aliphatic heterocycles. The maximum absolute atomic E-state index is 12.5. The second-order valence-corrected chi connectivity index (χ2v) is 7.43. The highest BCUT2D eigenvalue weighted by molar-refractivity contribution is 7.84. The number of carbonyl (C=O) groups excluding carboxylic acids is 3. The van der Waals surface area contributed by atoms with Crippen molar-refractivity contribution in [3.8, 4) is 0 Å². The van der Waals surface area contributed by atoms with Gasteiger partial charge < -0.3 is 10.6 Å². The molecule has 0 aliphatic carbocycles. The number of β-lactam (4-membered cyclic amide) rings is 1. The molecule has 25 heavy (non-hydrogen) atoms. The minimum absolute atomic E-state index is 0.121. The maximum Gasteiger partial charge on any atom is 0.362 e. The Kier molecular flexibility index (Phi) is 4.00. The molecular weight excluding hydrogens is 352 g/mol. The summed E-state index contributed by atoms with van der Waals surface area (Å²) in [7, 11) is -4.61. The zero-order valence-corrected chi connectivity index (χ0v) is 14.1. The largest absolute Gasteiger partial charge is 0.365 e. The van der Waals surface area contributed by atoms with Crippen LogP contribution < -0.4 is 10.3 Å². The molecule has 2 atom stereocenters. The number of likely N-dealkylation sites (tertiary alicyclic amines) is 1. The monoisotopic (exact) mass is 369 g/mol. The Morgan fingerprint density at radius 1 is 1.40 bits per heavy atom. The summed E-state index contributed by atoms with van der Waals surface area (Å²) in [5, 5.41) is 0. The first-order valence-electron chi connectivity index (χ1n) is 7.50. The van der Waals surface area contributed by atoms with Gasteiger partial charge in [-0.1, -0.05) is 0 Å². The van der Waals surface area contributed by atoms with E-state index >= 15 is 0 Å². The summed E-state index contributed by atoms with van der Waals surface area (Å²) < 4.78 is 33.3. The number of nitrogens with zero attached hydrogens (tertiary/aromatic N) is 3. The second-order valence-electron chi connectivity index (χ2n) is 6.14. The van der Waals surface area contributed by atoms with Gasteiger partial charge in [-0.3, -0.25) is 18.9 Å². The molecule has 2 fully saturated rings. The lowest BCUT2D eigenvalue weighted by Gasteiger charge is -2.42. The number of amides is 3. The molecule has 0 saturated carbocycles. The van der Waals surface area contributed by atoms with Crippen molar-refractivity contribution in [2.75, 3.05) is 6.54 Å². The van der Waals surface area contributed by atoms with Crippen molar-refractivity contribution >= 4 is 28.0 Å². The van der Waals surface area contributed by atoms with Crippen molar-refractivity contribution in [3.63, 3.8) is 0 Å². The predicted molar refractivity (Wildman–Crippen MR) is 82.2 cm³/mol. The number of primary amides is 1. The summed E-state index contributed by atoms with van der Waals surface area (Å²) in [5.74, 6) is -1.82. The van der Waals surface area contributed by atoms with Crippen LogP contribution in [0.25, 0.3) is 0 Å². The second kappa shape index (κ2) is 5.77. The number of rotatable bonds is 4. The molecule has 3 N–H and O–H groups in total. The number of carbonyl (C=O) groups is 3. The SMILES string of the molecule is Cc1cc(C(N)=O)c[n+](CC(=O)N2CC[C@@H]3[C@H]2C(=O)N3S(=O)(=O)O)c1. The lowest BCUT2D eigenvalue weighted by atomic mass is 10.0. The van der Waals surface area contributed by atoms with Gasteiger partial charge >= 0.3 is 10.3 Å². The highest BCUT2D eigenvalue weighted by Crippen LogP contribution is 2.35. The van der Waals surface area contributed by atoms with E-state index in [4.69, 9.17) is 10.3 Å². The number of pyridine rings is 1. The first-order valence-corrected chi connectivity index (χ1v) is 8.90. The molecule has 3 amide bonds. The van der Waals surface area contributed by atoms with Crippen molar-refractivity contribution in [1.29, 1.82) is 0 Å². The fraction of sp³-hybridized carbons (Fsp3) is 0.429. The number of aromatic nitrogens is 1. The molecule has 11 heteroatoms. The van der Waals surface area contributed by atoms with Crippen LogP contribution in [0.4, 0.5) is 0 Å². The Morgan fingerprint density at radius 3 is 2.68 bits per heavy atom. The van der Waals surface area contributed by atoms with E-state index in [1.54, 1.807) is 19.2 Å². The smallest absolute Gasteiger partial charge is 0.362 e. The quantitative estimate of drug-likeness (QED) is 0.357. The molecule has 0 radical (unpaired) electrons. The van der Waals surface area contributed by atoms with Crippen LogP contribution in [-0.2, 0) is 26.4 Å². The van der Waals surface area contributed by atoms with Crippen LogP contribution in [0.1, 0.15) is 22.3 Å². The summed E-state index contributed by atoms with van der Waals surface area (Å²) >= 11 is 0. The number of nitrogens with two attached hydrogens (primary N) is 1. The summed E-state index contributed by atoms with van der Waals surface area (Å²) in [6, 6.07) is -0.0140. The Hall–Kier alpha value is -2.53. The highest BCUT2D eigenvalue weighted by Gasteiger charge is 2.60. The third-order valence-corrected chi connectivity index (χ3v) is 5.31. The molecule has 1 aromatic heterocycles. The standard InChI is InChI=1S/C14H16N4O6S/c1-8-4-9(13(15)20)6-16(5-8)7-11(19)17-3-2-10-12(17)14(21)18(10)25(22,23)24/h4-6,10,12H,2-3,7H2,1H3,(H2-,15,20,22,23,24)/p+1/t10-,12+/m1/s1. The van der Waals surface area contributed by atoms with Gasteiger partial charge in [-0.25, -0.2) is 4.31 Å². The number of aryl methyl sites for hydroxylation is 1. The molecule has 3 heterocycles. The van der Waals surface area contributed by atoms with E-state index in [0.717, 1.165) is 5.56 Å². The van der Waals surface area contributed by atoms with E-state index < -0.39 is 34.2 Å². The average Bonchev–Trinajstić information content (AvgIpc) is 2.83. The fourth-order valence-corrected chi connectivity index (χ4v) is 4.26. The highest BCUT2D eigenvalue weighted by atomic mass is 32.2. The minimum atomic E-state index is -4.61. The van der Waals surface area contributed by atoms with Crippen LogP contribution in [0.15, 0.2) is 18.5 Å². The maximum atomic E-state index is 12.5. The molecule has 10 nitrogen and oxygen atoms in total. The predicted octanol–water partition coefficient (Wildman–Crippen LogP) is -2.00. The van der Waals surface area contributed by atoms with Crippen molar-refractivity contribution < 1.29 is 31.9 Å². The Morgan fingerprint density at radius 2 is 2.08 bits per heavy atom. The Balaban J connectivity index is 1.76. The molecule has 0 spiro atoms. The zero-order chi connectivity index (χ0) is 18.5. The topological polar surface area (TPSA) is 142 Å². The van der Waals surface area contributed by atoms with Crippen molar-refractivity contribution in [3.05, 3.63) is 29.6 Å². The normalized spacial score (nSPS) is 22.6. The number of fused-ring (bicyclic) bond motifs is 1. The molecule has 0 bridgehead atoms. The van der Waals surface area contributed by atoms with E-state index in [1.165, 1.54) is 15.7 Å². The van der Waals surface area contributed by atoms with E-state index in [-0.39, 0.29) is 31.0 Å². The van der Waals surface area contributed by atoms with Gasteiger partial charge in [0.1, 0.15) is 11.6 Å². The Bertz CT molecular complexity index is 883. The molecule has 0 unspecified atom stereocenters. The van der Waals surface area contributed by atoms with Crippen LogP contribution in [0, 0.1) is 6.92 Å². The summed E-state index contributed by atoms with van der Waals surface area (Å²) in [4.78, 5) is 37.1. The van der Waals surface area contributed by atoms with E-state index in [1.807, 2.05) is 0 Å². The van der Waals surface area contributed by atoms with Crippen LogP contribution in [0.5, 0.6) is 0 Å². The van der Waals surface area contributed by atoms with Crippen LogP contribution in [0.3, 0.4) is 0 Å². The van der Waals surface area contributed by atoms with E-state index in [0.29, 0.717) is 4.31 Å². The molecule has 2 saturated heterocycles. The van der Waals surface area contributed by atoms with Crippen molar-refractivity contribution in [1.82, 2.24) is 9.21 Å². The summed E-state index contributed by atoms with van der Waals surface area (Å²) in [5.41, 5.74) is 6.24. The van der Waals surface area contributed by atoms with Crippen molar-refractivity contribution in [2.45, 2.75) is 32.0 Å². The van der Waals surface area contributed by atoms with E-state index in [9.17, 15) is 22.8 Å². The van der Waals surface area contributed by atoms with E-state index in [2.05, 4.69) is 0 Å². The Labute approximate surface area is 143 Å². The van der Waals surface area contributed by atoms with Crippen LogP contribution >= 0.6 is 0 Å². The molecule has 1 aromatic rings. The van der Waals surface area contributed by atoms with Gasteiger partial charge in [0.15, 0.2) is 12.4 Å². The molecule has 2 aliphatic rings. The first-order chi connectivity index (χ1) is 11.6. The summed E-state index contributed by atoms with van der Waals surface area (Å²) in [6.07, 6.45) is 3.37. The first kappa shape index (κ1) is 17.3. The summed E-state index contributed by atoms with van der Waals surface area (Å²) in [6.45, 7) is 1.84. The van der Waals surface area contributed by atoms with Crippen LogP contribution in [0.2, 0.25) is 0 Å². The zero-order valence-electron chi connectivity index (χ0n) is 13.3. The lowest BCUT2D eigenvalue weighted by Crippen LogP contribution is -2.68. The lowest BCUT2D eigenvalue weighted by molar-refractivity contribution is -0.685. The van der Waals surface area contributed by atoms with Crippen molar-refractivity contribution in [2.24, 2.45) is 5.73 Å². The number of hydrogen-bond acceptors (Lipinski definition) is 5. The van der Waals surface area contributed by atoms with Gasteiger partial charge in [0.2, 0.25) is 6.54 Å². The van der Waals surface area contributed by atoms with Gasteiger partial charge in [-0.05, 0) is 19.4 Å². The molecule has 134 valence electrons.